The van der Waals surface area contributed by atoms with Gasteiger partial charge < -0.3 is 9.88 Å². The van der Waals surface area contributed by atoms with E-state index in [1.165, 1.54) is 16.2 Å². The fourth-order valence-electron chi connectivity index (χ4n) is 6.59. The molecule has 216 valence electrons. The molecule has 0 aliphatic heterocycles. The molecule has 2 heterocycles. The third kappa shape index (κ3) is 4.39. The van der Waals surface area contributed by atoms with Gasteiger partial charge in [0.25, 0.3) is 0 Å². The van der Waals surface area contributed by atoms with Gasteiger partial charge in [0.15, 0.2) is 0 Å². The number of hydrogen-bond acceptors (Lipinski definition) is 3. The fourth-order valence-corrected chi connectivity index (χ4v) is 6.59. The Hall–Kier alpha value is -6.26. The fraction of sp³-hybridized carbons (Fsp3) is 0. The number of para-hydroxylation sites is 4. The largest absolute Gasteiger partial charge is 0.355 e. The molecule has 0 atom stereocenters. The number of hydrogen-bond donors (Lipinski definition) is 1. The summed E-state index contributed by atoms with van der Waals surface area (Å²) < 4.78 is 0. The monoisotopic (exact) mass is 588 g/mol. The summed E-state index contributed by atoms with van der Waals surface area (Å²) in [6.45, 7) is 0. The minimum absolute atomic E-state index is 0.869. The highest BCUT2D eigenvalue weighted by molar-refractivity contribution is 6.08. The molecular weight excluding hydrogens is 560 g/mol. The van der Waals surface area contributed by atoms with Crippen LogP contribution in [0.3, 0.4) is 0 Å². The van der Waals surface area contributed by atoms with Crippen LogP contribution in [0.4, 0.5) is 17.1 Å². The van der Waals surface area contributed by atoms with Crippen molar-refractivity contribution in [2.24, 2.45) is 0 Å². The molecular formula is C42H28N4. The lowest BCUT2D eigenvalue weighted by atomic mass is 9.98. The molecule has 0 aliphatic carbocycles. The summed E-state index contributed by atoms with van der Waals surface area (Å²) in [5.41, 5.74) is 11.1. The van der Waals surface area contributed by atoms with Gasteiger partial charge in [-0.3, -0.25) is 0 Å². The predicted molar refractivity (Wildman–Crippen MR) is 192 cm³/mol. The van der Waals surface area contributed by atoms with E-state index in [-0.39, 0.29) is 0 Å². The summed E-state index contributed by atoms with van der Waals surface area (Å²) in [5.74, 6) is 0. The second-order valence-corrected chi connectivity index (χ2v) is 11.6. The third-order valence-electron chi connectivity index (χ3n) is 8.78. The quantitative estimate of drug-likeness (QED) is 0.217. The number of H-pyrrole nitrogens is 1. The number of aromatic nitrogens is 3. The zero-order chi connectivity index (χ0) is 30.5. The zero-order valence-electron chi connectivity index (χ0n) is 24.9. The predicted octanol–water partition coefficient (Wildman–Crippen LogP) is 11.2. The summed E-state index contributed by atoms with van der Waals surface area (Å²) in [4.78, 5) is 16.3. The van der Waals surface area contributed by atoms with Crippen molar-refractivity contribution in [3.05, 3.63) is 164 Å². The minimum Gasteiger partial charge on any atom is -0.355 e. The van der Waals surface area contributed by atoms with E-state index in [1.54, 1.807) is 0 Å². The Morgan fingerprint density at radius 1 is 0.413 bits per heavy atom. The molecule has 0 saturated carbocycles. The van der Waals surface area contributed by atoms with Crippen molar-refractivity contribution in [1.82, 2.24) is 15.0 Å². The van der Waals surface area contributed by atoms with Crippen molar-refractivity contribution < 1.29 is 0 Å². The lowest BCUT2D eigenvalue weighted by molar-refractivity contribution is 1.28. The standard InChI is InChI=1S/C42H28N4/c1-2-13-30(14-3-1)46(32-25-26-38-36(27-32)34-16-6-7-18-37(34)43-38)31-23-21-29(22-24-31)41-42(45-40-20-9-8-19-39(40)44-41)35-17-10-12-28-11-4-5-15-33(28)35/h1-27,43H. The Labute approximate surface area is 266 Å². The number of nitrogens with one attached hydrogen (secondary N) is 1. The van der Waals surface area contributed by atoms with E-state index >= 15 is 0 Å². The van der Waals surface area contributed by atoms with Gasteiger partial charge in [-0.05, 0) is 71.4 Å². The smallest absolute Gasteiger partial charge is 0.0979 e. The number of rotatable bonds is 5. The average Bonchev–Trinajstić information content (AvgIpc) is 3.50. The van der Waals surface area contributed by atoms with E-state index in [0.717, 1.165) is 67.0 Å². The zero-order valence-corrected chi connectivity index (χ0v) is 24.9. The molecule has 46 heavy (non-hydrogen) atoms. The molecule has 9 aromatic rings. The van der Waals surface area contributed by atoms with Gasteiger partial charge in [0.05, 0.1) is 22.4 Å². The maximum Gasteiger partial charge on any atom is 0.0979 e. The molecule has 4 nitrogen and oxygen atoms in total. The maximum atomic E-state index is 5.20. The molecule has 0 amide bonds. The number of fused-ring (bicyclic) bond motifs is 5. The van der Waals surface area contributed by atoms with Gasteiger partial charge in [-0.25, -0.2) is 9.97 Å². The van der Waals surface area contributed by atoms with Crippen molar-refractivity contribution >= 4 is 60.7 Å². The number of aromatic amines is 1. The Morgan fingerprint density at radius 3 is 1.85 bits per heavy atom. The molecule has 7 aromatic carbocycles. The molecule has 0 saturated heterocycles. The molecule has 9 rings (SSSR count). The minimum atomic E-state index is 0.869. The molecule has 0 unspecified atom stereocenters. The second-order valence-electron chi connectivity index (χ2n) is 11.6. The van der Waals surface area contributed by atoms with Gasteiger partial charge in [0.2, 0.25) is 0 Å². The molecule has 0 aliphatic rings. The molecule has 0 radical (unpaired) electrons. The first kappa shape index (κ1) is 26.2. The summed E-state index contributed by atoms with van der Waals surface area (Å²) in [7, 11) is 0. The van der Waals surface area contributed by atoms with Crippen molar-refractivity contribution in [2.45, 2.75) is 0 Å². The Bertz CT molecular complexity index is 2530. The van der Waals surface area contributed by atoms with E-state index in [0.29, 0.717) is 0 Å². The van der Waals surface area contributed by atoms with Crippen LogP contribution in [0, 0.1) is 0 Å². The summed E-state index contributed by atoms with van der Waals surface area (Å²) >= 11 is 0. The highest BCUT2D eigenvalue weighted by Crippen LogP contribution is 2.40. The van der Waals surface area contributed by atoms with Crippen LogP contribution in [0.15, 0.2) is 164 Å². The molecule has 4 heteroatoms. The van der Waals surface area contributed by atoms with Crippen molar-refractivity contribution in [2.75, 3.05) is 4.90 Å². The molecule has 0 spiro atoms. The first-order chi connectivity index (χ1) is 22.8. The van der Waals surface area contributed by atoms with Crippen LogP contribution in [-0.4, -0.2) is 15.0 Å². The van der Waals surface area contributed by atoms with Crippen LogP contribution in [-0.2, 0) is 0 Å². The Morgan fingerprint density at radius 2 is 1.02 bits per heavy atom. The van der Waals surface area contributed by atoms with E-state index < -0.39 is 0 Å². The Kier molecular flexibility index (Phi) is 6.10. The van der Waals surface area contributed by atoms with Gasteiger partial charge in [-0.15, -0.1) is 0 Å². The van der Waals surface area contributed by atoms with Gasteiger partial charge in [-0.2, -0.15) is 0 Å². The van der Waals surface area contributed by atoms with Gasteiger partial charge in [0, 0.05) is 50.0 Å². The number of benzene rings is 7. The van der Waals surface area contributed by atoms with Crippen molar-refractivity contribution in [1.29, 1.82) is 0 Å². The third-order valence-corrected chi connectivity index (χ3v) is 8.78. The first-order valence-electron chi connectivity index (χ1n) is 15.5. The normalized spacial score (nSPS) is 11.5. The van der Waals surface area contributed by atoms with Crippen LogP contribution >= 0.6 is 0 Å². The maximum absolute atomic E-state index is 5.20. The molecule has 0 bridgehead atoms. The van der Waals surface area contributed by atoms with Crippen LogP contribution in [0.5, 0.6) is 0 Å². The topological polar surface area (TPSA) is 44.8 Å². The van der Waals surface area contributed by atoms with Crippen molar-refractivity contribution in [3.8, 4) is 22.5 Å². The van der Waals surface area contributed by atoms with Crippen molar-refractivity contribution in [3.63, 3.8) is 0 Å². The highest BCUT2D eigenvalue weighted by Gasteiger charge is 2.18. The average molecular weight is 589 g/mol. The van der Waals surface area contributed by atoms with E-state index in [9.17, 15) is 0 Å². The molecule has 2 aromatic heterocycles. The number of nitrogens with zero attached hydrogens (tertiary/aromatic N) is 3. The van der Waals surface area contributed by atoms with E-state index in [2.05, 4.69) is 149 Å². The summed E-state index contributed by atoms with van der Waals surface area (Å²) in [5, 5.41) is 4.77. The van der Waals surface area contributed by atoms with Gasteiger partial charge in [0.1, 0.15) is 0 Å². The van der Waals surface area contributed by atoms with E-state index in [1.807, 2.05) is 24.3 Å². The SMILES string of the molecule is c1ccc(N(c2ccc(-c3nc4ccccc4nc3-c3cccc4ccccc34)cc2)c2ccc3[nH]c4ccccc4c3c2)cc1. The Balaban J connectivity index is 1.20. The van der Waals surface area contributed by atoms with Gasteiger partial charge in [-0.1, -0.05) is 103 Å². The second kappa shape index (κ2) is 10.7. The highest BCUT2D eigenvalue weighted by atomic mass is 15.1. The van der Waals surface area contributed by atoms with Crippen LogP contribution in [0.1, 0.15) is 0 Å². The lowest BCUT2D eigenvalue weighted by Crippen LogP contribution is -2.09. The van der Waals surface area contributed by atoms with E-state index in [4.69, 9.17) is 9.97 Å². The lowest BCUT2D eigenvalue weighted by Gasteiger charge is -2.26. The molecule has 1 N–H and O–H groups in total. The summed E-state index contributed by atoms with van der Waals surface area (Å²) in [6, 6.07) is 57.3. The van der Waals surface area contributed by atoms with Crippen LogP contribution < -0.4 is 4.90 Å². The number of anilines is 3. The van der Waals surface area contributed by atoms with Gasteiger partial charge >= 0.3 is 0 Å². The summed E-state index contributed by atoms with van der Waals surface area (Å²) in [6.07, 6.45) is 0. The van der Waals surface area contributed by atoms with Crippen LogP contribution in [0.25, 0.3) is 66.1 Å². The first-order valence-corrected chi connectivity index (χ1v) is 15.5. The van der Waals surface area contributed by atoms with Crippen LogP contribution in [0.2, 0.25) is 0 Å². The molecule has 0 fully saturated rings.